The van der Waals surface area contributed by atoms with E-state index < -0.39 is 0 Å². The van der Waals surface area contributed by atoms with Gasteiger partial charge in [-0.3, -0.25) is 0 Å². The van der Waals surface area contributed by atoms with Gasteiger partial charge in [-0.25, -0.2) is 4.98 Å². The summed E-state index contributed by atoms with van der Waals surface area (Å²) in [6, 6.07) is 7.88. The van der Waals surface area contributed by atoms with E-state index in [9.17, 15) is 0 Å². The summed E-state index contributed by atoms with van der Waals surface area (Å²) in [4.78, 5) is 9.68. The lowest BCUT2D eigenvalue weighted by Crippen LogP contribution is -2.09. The number of rotatable bonds is 3. The van der Waals surface area contributed by atoms with E-state index in [0.717, 1.165) is 11.0 Å². The van der Waals surface area contributed by atoms with Gasteiger partial charge in [0.2, 0.25) is 0 Å². The fraction of sp³-hybridized carbons (Fsp3) is 0.182. The molecule has 3 heteroatoms. The highest BCUT2D eigenvalue weighted by Crippen LogP contribution is 2.09. The molecule has 0 fully saturated rings. The van der Waals surface area contributed by atoms with E-state index >= 15 is 0 Å². The number of nitrogens with zero attached hydrogens (tertiary/aromatic N) is 2. The number of allylic oxidation sites excluding steroid dienone is 1. The second-order valence-corrected chi connectivity index (χ2v) is 2.92. The largest absolute Gasteiger partial charge is 0.408 e. The van der Waals surface area contributed by atoms with Crippen LogP contribution in [0.25, 0.3) is 11.0 Å². The molecule has 1 aromatic carbocycles. The van der Waals surface area contributed by atoms with Crippen LogP contribution in [0, 0.1) is 0 Å². The first-order valence-corrected chi connectivity index (χ1v) is 4.58. The third-order valence-corrected chi connectivity index (χ3v) is 1.97. The van der Waals surface area contributed by atoms with Crippen molar-refractivity contribution >= 4 is 11.0 Å². The van der Waals surface area contributed by atoms with Crippen molar-refractivity contribution in [3.8, 4) is 0 Å². The average molecular weight is 188 g/mol. The fourth-order valence-corrected chi connectivity index (χ4v) is 1.26. The summed E-state index contributed by atoms with van der Waals surface area (Å²) in [6.07, 6.45) is 5.60. The van der Waals surface area contributed by atoms with Gasteiger partial charge in [0, 0.05) is 0 Å². The van der Waals surface area contributed by atoms with Crippen LogP contribution >= 0.6 is 0 Å². The van der Waals surface area contributed by atoms with Gasteiger partial charge >= 0.3 is 0 Å². The molecule has 0 unspecified atom stereocenters. The molecule has 3 nitrogen and oxygen atoms in total. The summed E-state index contributed by atoms with van der Waals surface area (Å²) in [5, 5.41) is 0. The van der Waals surface area contributed by atoms with Gasteiger partial charge in [0.25, 0.3) is 0 Å². The molecule has 72 valence electrons. The standard InChI is InChI=1S/C11H12N2O/c1-2-3-8-14-13-9-12-10-6-4-5-7-11(10)13/h2-7,9H,8H2,1H3. The third kappa shape index (κ3) is 1.62. The maximum atomic E-state index is 5.47. The monoisotopic (exact) mass is 188 g/mol. The number of fused-ring (bicyclic) bond motifs is 1. The molecule has 0 saturated carbocycles. The highest BCUT2D eigenvalue weighted by molar-refractivity contribution is 5.74. The predicted molar refractivity (Wildman–Crippen MR) is 56.0 cm³/mol. The Kier molecular flexibility index (Phi) is 2.49. The Hall–Kier alpha value is -1.77. The fourth-order valence-electron chi connectivity index (χ4n) is 1.26. The molecule has 2 aromatic rings. The zero-order valence-corrected chi connectivity index (χ0v) is 8.05. The van der Waals surface area contributed by atoms with Crippen molar-refractivity contribution in [3.63, 3.8) is 0 Å². The lowest BCUT2D eigenvalue weighted by molar-refractivity contribution is 0.144. The Labute approximate surface area is 82.6 Å². The first-order chi connectivity index (χ1) is 6.92. The lowest BCUT2D eigenvalue weighted by Gasteiger charge is -2.03. The van der Waals surface area contributed by atoms with Crippen LogP contribution in [-0.2, 0) is 0 Å². The van der Waals surface area contributed by atoms with Crippen molar-refractivity contribution in [1.82, 2.24) is 9.71 Å². The molecule has 0 aliphatic rings. The molecule has 0 radical (unpaired) electrons. The number of hydrogen-bond donors (Lipinski definition) is 0. The van der Waals surface area contributed by atoms with Crippen molar-refractivity contribution in [2.75, 3.05) is 6.61 Å². The van der Waals surface area contributed by atoms with Crippen LogP contribution in [0.4, 0.5) is 0 Å². The van der Waals surface area contributed by atoms with E-state index in [0.29, 0.717) is 6.61 Å². The van der Waals surface area contributed by atoms with Crippen LogP contribution < -0.4 is 4.84 Å². The van der Waals surface area contributed by atoms with Gasteiger partial charge in [-0.2, -0.15) is 4.73 Å². The van der Waals surface area contributed by atoms with Gasteiger partial charge in [-0.05, 0) is 25.1 Å². The van der Waals surface area contributed by atoms with Crippen LogP contribution in [0.2, 0.25) is 0 Å². The van der Waals surface area contributed by atoms with E-state index in [1.54, 1.807) is 11.1 Å². The second kappa shape index (κ2) is 3.96. The summed E-state index contributed by atoms with van der Waals surface area (Å²) in [7, 11) is 0. The van der Waals surface area contributed by atoms with Crippen LogP contribution in [0.15, 0.2) is 42.7 Å². The molecule has 0 atom stereocenters. The van der Waals surface area contributed by atoms with Crippen molar-refractivity contribution in [2.24, 2.45) is 0 Å². The van der Waals surface area contributed by atoms with Crippen molar-refractivity contribution < 1.29 is 4.84 Å². The predicted octanol–water partition coefficient (Wildman–Crippen LogP) is 2.04. The first-order valence-electron chi connectivity index (χ1n) is 4.58. The molecular weight excluding hydrogens is 176 g/mol. The topological polar surface area (TPSA) is 27.1 Å². The van der Waals surface area contributed by atoms with Gasteiger partial charge < -0.3 is 4.84 Å². The van der Waals surface area contributed by atoms with Gasteiger partial charge in [-0.15, -0.1) is 0 Å². The summed E-state index contributed by atoms with van der Waals surface area (Å²) < 4.78 is 1.69. The van der Waals surface area contributed by atoms with E-state index in [1.807, 2.05) is 43.3 Å². The zero-order valence-electron chi connectivity index (χ0n) is 8.05. The molecule has 2 rings (SSSR count). The van der Waals surface area contributed by atoms with E-state index in [1.165, 1.54) is 0 Å². The molecule has 0 saturated heterocycles. The minimum absolute atomic E-state index is 0.566. The number of imidazole rings is 1. The molecule has 0 amide bonds. The molecule has 0 bridgehead atoms. The summed E-state index contributed by atoms with van der Waals surface area (Å²) in [6.45, 7) is 2.53. The van der Waals surface area contributed by atoms with E-state index in [2.05, 4.69) is 4.98 Å². The van der Waals surface area contributed by atoms with E-state index in [4.69, 9.17) is 4.84 Å². The smallest absolute Gasteiger partial charge is 0.133 e. The van der Waals surface area contributed by atoms with Crippen molar-refractivity contribution in [1.29, 1.82) is 0 Å². The molecule has 0 N–H and O–H groups in total. The minimum Gasteiger partial charge on any atom is -0.408 e. The van der Waals surface area contributed by atoms with Crippen LogP contribution in [0.1, 0.15) is 6.92 Å². The first kappa shape index (κ1) is 8.81. The lowest BCUT2D eigenvalue weighted by atomic mass is 10.3. The highest BCUT2D eigenvalue weighted by Gasteiger charge is 1.99. The molecule has 0 aliphatic carbocycles. The molecule has 1 aromatic heterocycles. The Bertz CT molecular complexity index is 445. The Morgan fingerprint density at radius 2 is 2.29 bits per heavy atom. The summed E-state index contributed by atoms with van der Waals surface area (Å²) in [5.74, 6) is 0. The third-order valence-electron chi connectivity index (χ3n) is 1.97. The Morgan fingerprint density at radius 3 is 3.14 bits per heavy atom. The van der Waals surface area contributed by atoms with Crippen LogP contribution in [-0.4, -0.2) is 16.3 Å². The van der Waals surface area contributed by atoms with Crippen LogP contribution in [0.5, 0.6) is 0 Å². The number of aromatic nitrogens is 2. The van der Waals surface area contributed by atoms with Crippen molar-refractivity contribution in [2.45, 2.75) is 6.92 Å². The molecule has 14 heavy (non-hydrogen) atoms. The van der Waals surface area contributed by atoms with Gasteiger partial charge in [0.05, 0.1) is 5.52 Å². The molecular formula is C11H12N2O. The Balaban J connectivity index is 2.25. The van der Waals surface area contributed by atoms with E-state index in [-0.39, 0.29) is 0 Å². The zero-order chi connectivity index (χ0) is 9.80. The maximum Gasteiger partial charge on any atom is 0.133 e. The van der Waals surface area contributed by atoms with Crippen molar-refractivity contribution in [3.05, 3.63) is 42.7 Å². The average Bonchev–Trinajstić information content (AvgIpc) is 2.63. The number of benzene rings is 1. The molecule has 0 spiro atoms. The van der Waals surface area contributed by atoms with Gasteiger partial charge in [0.15, 0.2) is 0 Å². The van der Waals surface area contributed by atoms with Crippen LogP contribution in [0.3, 0.4) is 0 Å². The number of hydrogen-bond acceptors (Lipinski definition) is 2. The second-order valence-electron chi connectivity index (χ2n) is 2.92. The van der Waals surface area contributed by atoms with Gasteiger partial charge in [-0.1, -0.05) is 18.2 Å². The summed E-state index contributed by atoms with van der Waals surface area (Å²) >= 11 is 0. The summed E-state index contributed by atoms with van der Waals surface area (Å²) in [5.41, 5.74) is 1.95. The minimum atomic E-state index is 0.566. The quantitative estimate of drug-likeness (QED) is 0.689. The highest BCUT2D eigenvalue weighted by atomic mass is 16.7. The van der Waals surface area contributed by atoms with Gasteiger partial charge in [0.1, 0.15) is 18.5 Å². The molecule has 0 aliphatic heterocycles. The SMILES string of the molecule is CC=CCOn1cnc2ccccc21. The molecule has 1 heterocycles. The number of para-hydroxylation sites is 2. The Morgan fingerprint density at radius 1 is 1.43 bits per heavy atom. The normalized spacial score (nSPS) is 11.2. The maximum absolute atomic E-state index is 5.47.